The zero-order valence-electron chi connectivity index (χ0n) is 32.2. The topological polar surface area (TPSA) is 188 Å². The van der Waals surface area contributed by atoms with Gasteiger partial charge in [-0.3, -0.25) is 0 Å². The highest BCUT2D eigenvalue weighted by Crippen LogP contribution is 2.51. The molecule has 2 N–H and O–H groups in total. The van der Waals surface area contributed by atoms with Crippen molar-refractivity contribution in [1.29, 1.82) is 5.26 Å². The maximum Gasteiger partial charge on any atom is 0.474 e. The summed E-state index contributed by atoms with van der Waals surface area (Å²) in [5, 5.41) is 15.7. The molecule has 3 aromatic carbocycles. The first-order valence-corrected chi connectivity index (χ1v) is 19.9. The van der Waals surface area contributed by atoms with Crippen molar-refractivity contribution in [2.24, 2.45) is 0 Å². The Kier molecular flexibility index (Phi) is 12.9. The Morgan fingerprint density at radius 2 is 1.65 bits per heavy atom. The van der Waals surface area contributed by atoms with Gasteiger partial charge < -0.3 is 28.7 Å². The fraction of sp³-hybridized carbons (Fsp3) is 0.359. The first-order valence-electron chi connectivity index (χ1n) is 17.4. The lowest BCUT2D eigenvalue weighted by atomic mass is 9.81. The fourth-order valence-electron chi connectivity index (χ4n) is 6.00. The molecule has 2 atom stereocenters. The van der Waals surface area contributed by atoms with E-state index in [2.05, 4.69) is 16.2 Å². The van der Waals surface area contributed by atoms with Crippen LogP contribution in [0.5, 0.6) is 0 Å². The normalized spacial score (nSPS) is 14.1. The van der Waals surface area contributed by atoms with Crippen LogP contribution in [-0.4, -0.2) is 53.5 Å². The van der Waals surface area contributed by atoms with Crippen LogP contribution in [0.4, 0.5) is 8.78 Å². The minimum Gasteiger partial charge on any atom is -0.435 e. The van der Waals surface area contributed by atoms with Crippen LogP contribution in [0.25, 0.3) is 11.3 Å². The fourth-order valence-corrected chi connectivity index (χ4v) is 7.45. The molecular formula is C39H42F2N5O9PS. The third kappa shape index (κ3) is 10.8. The van der Waals surface area contributed by atoms with Gasteiger partial charge in [0.1, 0.15) is 29.9 Å². The SMILES string of the molecule is C[C@@H](c1nc(-c2ccc(C#N)cc2)cs1)[C@@](Cn1cncn1)(OCOC(=O)c1ccccc1C(OC(C)(C)C)(OC(C)(C)C)OP(=O)(O)O)c1ccc(F)cc1F. The van der Waals surface area contributed by atoms with Crippen molar-refractivity contribution in [1.82, 2.24) is 19.7 Å². The van der Waals surface area contributed by atoms with E-state index < -0.39 is 60.9 Å². The largest absolute Gasteiger partial charge is 0.474 e. The predicted octanol–water partition coefficient (Wildman–Crippen LogP) is 7.93. The Balaban J connectivity index is 1.57. The summed E-state index contributed by atoms with van der Waals surface area (Å²) in [5.74, 6) is -6.31. The number of aromatic nitrogens is 4. The molecule has 0 unspecified atom stereocenters. The van der Waals surface area contributed by atoms with E-state index in [0.717, 1.165) is 11.6 Å². The van der Waals surface area contributed by atoms with Gasteiger partial charge in [-0.25, -0.2) is 37.3 Å². The molecule has 5 rings (SSSR count). The average molecular weight is 826 g/mol. The number of thiazole rings is 1. The van der Waals surface area contributed by atoms with E-state index in [-0.39, 0.29) is 23.2 Å². The second kappa shape index (κ2) is 17.0. The Bertz CT molecular complexity index is 2250. The zero-order chi connectivity index (χ0) is 41.8. The summed E-state index contributed by atoms with van der Waals surface area (Å²) in [7, 11) is -5.37. The number of carbonyl (C=O) groups is 1. The van der Waals surface area contributed by atoms with E-state index in [1.165, 1.54) is 59.0 Å². The highest BCUT2D eigenvalue weighted by atomic mass is 32.1. The third-order valence-electron chi connectivity index (χ3n) is 8.26. The highest BCUT2D eigenvalue weighted by molar-refractivity contribution is 7.46. The number of nitriles is 1. The Labute approximate surface area is 332 Å². The molecule has 0 amide bonds. The first-order chi connectivity index (χ1) is 26.6. The minimum atomic E-state index is -5.37. The molecule has 0 radical (unpaired) electrons. The number of hydrogen-bond acceptors (Lipinski definition) is 12. The number of phosphoric ester groups is 1. The molecule has 0 aliphatic heterocycles. The van der Waals surface area contributed by atoms with E-state index in [0.29, 0.717) is 22.3 Å². The van der Waals surface area contributed by atoms with E-state index in [9.17, 15) is 28.8 Å². The van der Waals surface area contributed by atoms with Crippen molar-refractivity contribution in [3.63, 3.8) is 0 Å². The second-order valence-corrected chi connectivity index (χ2v) is 16.9. The van der Waals surface area contributed by atoms with E-state index >= 15 is 4.39 Å². The van der Waals surface area contributed by atoms with Crippen molar-refractivity contribution >= 4 is 25.1 Å². The zero-order valence-corrected chi connectivity index (χ0v) is 33.9. The highest BCUT2D eigenvalue weighted by Gasteiger charge is 2.50. The van der Waals surface area contributed by atoms with Gasteiger partial charge in [0.25, 0.3) is 0 Å². The quantitative estimate of drug-likeness (QED) is 0.0589. The van der Waals surface area contributed by atoms with Gasteiger partial charge in [-0.05, 0) is 65.8 Å². The second-order valence-electron chi connectivity index (χ2n) is 14.9. The lowest BCUT2D eigenvalue weighted by molar-refractivity contribution is -0.413. The van der Waals surface area contributed by atoms with Crippen LogP contribution in [0.15, 0.2) is 84.8 Å². The molecule has 0 saturated carbocycles. The van der Waals surface area contributed by atoms with Gasteiger partial charge >= 0.3 is 19.8 Å². The summed E-state index contributed by atoms with van der Waals surface area (Å²) in [6, 6.07) is 17.5. The van der Waals surface area contributed by atoms with Crippen LogP contribution in [-0.2, 0) is 46.2 Å². The Hall–Kier alpha value is -4.76. The average Bonchev–Trinajstić information content (AvgIpc) is 3.82. The van der Waals surface area contributed by atoms with E-state index in [4.69, 9.17) is 28.5 Å². The standard InChI is InChI=1S/C39H42F2N5O9PS/c1-25(34-45-33(20-57-34)27-14-12-26(19-42)13-15-27)38(21-46-23-43-22-44-46,31-17-16-28(40)18-32(31)41)52-24-51-35(47)29-10-8-9-11-30(29)39(53-36(2,3)4,54-37(5,6)7)55-56(48,49)50/h8-18,20,22-23,25H,21,24H2,1-7H3,(H2,48,49,50)/t25-,38+/m0/s1. The van der Waals surface area contributed by atoms with Crippen LogP contribution in [0, 0.1) is 23.0 Å². The van der Waals surface area contributed by atoms with Gasteiger partial charge in [-0.2, -0.15) is 10.4 Å². The van der Waals surface area contributed by atoms with Gasteiger partial charge in [-0.1, -0.05) is 43.3 Å². The summed E-state index contributed by atoms with van der Waals surface area (Å²) in [6.45, 7) is 10.3. The number of phosphoric acid groups is 1. The molecule has 0 spiro atoms. The van der Waals surface area contributed by atoms with Crippen molar-refractivity contribution < 1.29 is 51.4 Å². The number of nitrogens with zero attached hydrogens (tertiary/aromatic N) is 5. The van der Waals surface area contributed by atoms with Crippen LogP contribution in [0.1, 0.15) is 86.4 Å². The van der Waals surface area contributed by atoms with Crippen LogP contribution in [0.3, 0.4) is 0 Å². The number of halogens is 2. The molecule has 0 aliphatic carbocycles. The van der Waals surface area contributed by atoms with Crippen molar-refractivity contribution in [2.45, 2.75) is 83.7 Å². The summed E-state index contributed by atoms with van der Waals surface area (Å²) in [5.41, 5.74) is -2.93. The smallest absolute Gasteiger partial charge is 0.435 e. The van der Waals surface area contributed by atoms with Gasteiger partial charge in [-0.15, -0.1) is 11.3 Å². The molecule has 57 heavy (non-hydrogen) atoms. The van der Waals surface area contributed by atoms with E-state index in [1.54, 1.807) is 78.1 Å². The van der Waals surface area contributed by atoms with E-state index in [1.807, 2.05) is 0 Å². The monoisotopic (exact) mass is 825 g/mol. The van der Waals surface area contributed by atoms with Crippen molar-refractivity contribution in [2.75, 3.05) is 6.79 Å². The summed E-state index contributed by atoms with van der Waals surface area (Å²) < 4.78 is 73.8. The number of rotatable bonds is 15. The summed E-state index contributed by atoms with van der Waals surface area (Å²) in [6.07, 6.45) is 2.65. The Morgan fingerprint density at radius 3 is 2.23 bits per heavy atom. The lowest BCUT2D eigenvalue weighted by Gasteiger charge is -2.42. The number of esters is 1. The number of ether oxygens (including phenoxy) is 4. The summed E-state index contributed by atoms with van der Waals surface area (Å²) >= 11 is 1.25. The molecule has 18 heteroatoms. The first kappa shape index (κ1) is 43.4. The van der Waals surface area contributed by atoms with Crippen LogP contribution in [0.2, 0.25) is 0 Å². The van der Waals surface area contributed by atoms with Crippen molar-refractivity contribution in [3.8, 4) is 17.3 Å². The molecule has 14 nitrogen and oxygen atoms in total. The van der Waals surface area contributed by atoms with Gasteiger partial charge in [0, 0.05) is 28.5 Å². The van der Waals surface area contributed by atoms with Gasteiger partial charge in [0.05, 0.1) is 51.2 Å². The van der Waals surface area contributed by atoms with Gasteiger partial charge in [0.15, 0.2) is 6.79 Å². The maximum atomic E-state index is 16.0. The molecule has 0 aliphatic rings. The maximum absolute atomic E-state index is 16.0. The third-order valence-corrected chi connectivity index (χ3v) is 9.76. The minimum absolute atomic E-state index is 0.107. The predicted molar refractivity (Wildman–Crippen MR) is 203 cm³/mol. The molecule has 2 heterocycles. The molecule has 0 fully saturated rings. The molecule has 0 bridgehead atoms. The lowest BCUT2D eigenvalue weighted by Crippen LogP contribution is -2.47. The van der Waals surface area contributed by atoms with Crippen LogP contribution >= 0.6 is 19.2 Å². The molecule has 302 valence electrons. The van der Waals surface area contributed by atoms with Crippen LogP contribution < -0.4 is 0 Å². The Morgan fingerprint density at radius 1 is 0.982 bits per heavy atom. The molecular weight excluding hydrogens is 783 g/mol. The molecule has 2 aromatic heterocycles. The number of benzene rings is 3. The van der Waals surface area contributed by atoms with Gasteiger partial charge in [0.2, 0.25) is 0 Å². The number of carbonyl (C=O) groups excluding carboxylic acids is 1. The number of hydrogen-bond donors (Lipinski definition) is 2. The summed E-state index contributed by atoms with van der Waals surface area (Å²) in [4.78, 5) is 43.0. The molecule has 5 aromatic rings. The van der Waals surface area contributed by atoms with Crippen molar-refractivity contribution in [3.05, 3.63) is 124 Å². The molecule has 0 saturated heterocycles.